The number of pyridine rings is 1. The quantitative estimate of drug-likeness (QED) is 0.468. The fraction of sp³-hybridized carbons (Fsp3) is 0.346. The standard InChI is InChI=1S/C26H29ClN6O4/c1-7-14(2)10-16-15(3)8-9-26(16)32-22(34)21-17(27)11-18(23(35)33(21)26)30-19-12-20(29-13-28-19)31-24(36)37-25(4,5)6/h7,10-13H,1,8-9H2,2-6H3,(H,32,34)(H2,28,29,30,31,36)/b14-10-. The number of allylic oxidation sites excluding steroid dienone is 3. The van der Waals surface area contributed by atoms with Crippen LogP contribution in [0.4, 0.5) is 22.1 Å². The second kappa shape index (κ2) is 9.51. The Morgan fingerprint density at radius 1 is 1.27 bits per heavy atom. The topological polar surface area (TPSA) is 127 Å². The summed E-state index contributed by atoms with van der Waals surface area (Å²) in [5.41, 5.74) is 0.814. The third kappa shape index (κ3) is 5.01. The molecule has 0 saturated carbocycles. The number of carbonyl (C=O) groups is 2. The van der Waals surface area contributed by atoms with Gasteiger partial charge in [-0.15, -0.1) is 0 Å². The number of anilines is 3. The number of hydrogen-bond acceptors (Lipinski definition) is 7. The first kappa shape index (κ1) is 26.2. The highest BCUT2D eigenvalue weighted by Gasteiger charge is 2.50. The zero-order valence-electron chi connectivity index (χ0n) is 21.4. The maximum absolute atomic E-state index is 13.8. The van der Waals surface area contributed by atoms with E-state index in [2.05, 4.69) is 32.5 Å². The summed E-state index contributed by atoms with van der Waals surface area (Å²) in [6, 6.07) is 2.85. The highest BCUT2D eigenvalue weighted by atomic mass is 35.5. The molecule has 0 bridgehead atoms. The molecular formula is C26H29ClN6O4. The van der Waals surface area contributed by atoms with E-state index in [1.807, 2.05) is 19.9 Å². The van der Waals surface area contributed by atoms with E-state index in [1.54, 1.807) is 26.8 Å². The van der Waals surface area contributed by atoms with Crippen LogP contribution < -0.4 is 21.5 Å². The number of rotatable bonds is 5. The molecule has 0 saturated heterocycles. The minimum Gasteiger partial charge on any atom is -0.444 e. The van der Waals surface area contributed by atoms with E-state index < -0.39 is 28.8 Å². The van der Waals surface area contributed by atoms with E-state index in [4.69, 9.17) is 16.3 Å². The monoisotopic (exact) mass is 524 g/mol. The zero-order chi connectivity index (χ0) is 27.1. The minimum atomic E-state index is -1.06. The Labute approximate surface area is 219 Å². The van der Waals surface area contributed by atoms with Crippen molar-refractivity contribution < 1.29 is 14.3 Å². The number of carbonyl (C=O) groups excluding carboxylic acids is 2. The molecule has 1 aliphatic carbocycles. The summed E-state index contributed by atoms with van der Waals surface area (Å²) in [6.07, 6.45) is 5.41. The molecule has 0 fully saturated rings. The molecule has 1 spiro atoms. The highest BCUT2D eigenvalue weighted by Crippen LogP contribution is 2.44. The Bertz CT molecular complexity index is 1440. The Kier molecular flexibility index (Phi) is 6.72. The van der Waals surface area contributed by atoms with Crippen molar-refractivity contribution in [3.63, 3.8) is 0 Å². The molecule has 2 amide bonds. The summed E-state index contributed by atoms with van der Waals surface area (Å²) < 4.78 is 6.68. The van der Waals surface area contributed by atoms with Crippen LogP contribution in [0.1, 0.15) is 57.9 Å². The second-order valence-corrected chi connectivity index (χ2v) is 10.4. The Hall–Kier alpha value is -3.92. The molecule has 1 unspecified atom stereocenters. The lowest BCUT2D eigenvalue weighted by atomic mass is 9.98. The van der Waals surface area contributed by atoms with Gasteiger partial charge in [0.05, 0.1) is 5.02 Å². The summed E-state index contributed by atoms with van der Waals surface area (Å²) in [5, 5.41) is 8.62. The third-order valence-corrected chi connectivity index (χ3v) is 6.38. The van der Waals surface area contributed by atoms with Gasteiger partial charge in [0.2, 0.25) is 0 Å². The number of aromatic nitrogens is 3. The van der Waals surface area contributed by atoms with Crippen LogP contribution in [-0.2, 0) is 10.4 Å². The van der Waals surface area contributed by atoms with Crippen LogP contribution >= 0.6 is 11.6 Å². The molecule has 2 aromatic rings. The van der Waals surface area contributed by atoms with E-state index >= 15 is 0 Å². The summed E-state index contributed by atoms with van der Waals surface area (Å²) in [5.74, 6) is -0.00707. The van der Waals surface area contributed by atoms with Crippen LogP contribution in [-0.4, -0.2) is 32.1 Å². The first-order valence-corrected chi connectivity index (χ1v) is 12.1. The predicted molar refractivity (Wildman–Crippen MR) is 142 cm³/mol. The van der Waals surface area contributed by atoms with Crippen LogP contribution in [0.15, 0.2) is 58.7 Å². The Balaban J connectivity index is 1.73. The van der Waals surface area contributed by atoms with Crippen molar-refractivity contribution in [2.75, 3.05) is 10.6 Å². The molecule has 194 valence electrons. The van der Waals surface area contributed by atoms with Crippen LogP contribution in [0.5, 0.6) is 0 Å². The van der Waals surface area contributed by atoms with Crippen LogP contribution in [0.25, 0.3) is 0 Å². The van der Waals surface area contributed by atoms with E-state index in [0.717, 1.165) is 16.7 Å². The fourth-order valence-corrected chi connectivity index (χ4v) is 4.75. The van der Waals surface area contributed by atoms with Gasteiger partial charge >= 0.3 is 6.09 Å². The summed E-state index contributed by atoms with van der Waals surface area (Å²) in [4.78, 5) is 47.1. The Morgan fingerprint density at radius 3 is 2.65 bits per heavy atom. The van der Waals surface area contributed by atoms with E-state index in [0.29, 0.717) is 12.8 Å². The second-order valence-electron chi connectivity index (χ2n) is 10.0. The smallest absolute Gasteiger partial charge is 0.413 e. The van der Waals surface area contributed by atoms with Gasteiger partial charge in [-0.3, -0.25) is 19.5 Å². The molecule has 2 aromatic heterocycles. The first-order chi connectivity index (χ1) is 17.3. The number of halogens is 1. The lowest BCUT2D eigenvalue weighted by Gasteiger charge is -2.30. The molecule has 1 aliphatic heterocycles. The average Bonchev–Trinajstić information content (AvgIpc) is 3.27. The Morgan fingerprint density at radius 2 is 1.97 bits per heavy atom. The first-order valence-electron chi connectivity index (χ1n) is 11.7. The maximum Gasteiger partial charge on any atom is 0.413 e. The number of nitrogens with zero attached hydrogens (tertiary/aromatic N) is 3. The van der Waals surface area contributed by atoms with Gasteiger partial charge in [0.15, 0.2) is 0 Å². The van der Waals surface area contributed by atoms with Crippen molar-refractivity contribution in [2.45, 2.75) is 58.7 Å². The molecule has 0 radical (unpaired) electrons. The zero-order valence-corrected chi connectivity index (χ0v) is 22.1. The molecule has 0 aromatic carbocycles. The van der Waals surface area contributed by atoms with E-state index in [1.165, 1.54) is 23.0 Å². The number of ether oxygens (including phenoxy) is 1. The maximum atomic E-state index is 13.8. The third-order valence-electron chi connectivity index (χ3n) is 6.09. The van der Waals surface area contributed by atoms with Crippen molar-refractivity contribution in [3.05, 3.63) is 75.0 Å². The van der Waals surface area contributed by atoms with Crippen LogP contribution in [0.2, 0.25) is 5.02 Å². The molecule has 3 N–H and O–H groups in total. The molecule has 1 atom stereocenters. The van der Waals surface area contributed by atoms with E-state index in [9.17, 15) is 14.4 Å². The van der Waals surface area contributed by atoms with Gasteiger partial charge in [0, 0.05) is 6.07 Å². The van der Waals surface area contributed by atoms with Gasteiger partial charge in [-0.05, 0) is 59.1 Å². The molecular weight excluding hydrogens is 496 g/mol. The predicted octanol–water partition coefficient (Wildman–Crippen LogP) is 5.02. The number of nitrogens with one attached hydrogen (secondary N) is 3. The largest absolute Gasteiger partial charge is 0.444 e. The molecule has 11 heteroatoms. The summed E-state index contributed by atoms with van der Waals surface area (Å²) in [7, 11) is 0. The summed E-state index contributed by atoms with van der Waals surface area (Å²) in [6.45, 7) is 12.9. The number of fused-ring (bicyclic) bond motifs is 2. The summed E-state index contributed by atoms with van der Waals surface area (Å²) >= 11 is 6.53. The van der Waals surface area contributed by atoms with Crippen molar-refractivity contribution in [1.29, 1.82) is 0 Å². The van der Waals surface area contributed by atoms with Crippen molar-refractivity contribution in [2.24, 2.45) is 0 Å². The molecule has 37 heavy (non-hydrogen) atoms. The minimum absolute atomic E-state index is 0.101. The molecule has 4 rings (SSSR count). The van der Waals surface area contributed by atoms with Gasteiger partial charge < -0.3 is 15.4 Å². The van der Waals surface area contributed by atoms with Crippen LogP contribution in [0, 0.1) is 0 Å². The normalized spacial score (nSPS) is 19.1. The molecule has 3 heterocycles. The van der Waals surface area contributed by atoms with Crippen molar-refractivity contribution in [1.82, 2.24) is 19.9 Å². The molecule has 2 aliphatic rings. The van der Waals surface area contributed by atoms with Gasteiger partial charge in [-0.25, -0.2) is 14.8 Å². The van der Waals surface area contributed by atoms with Gasteiger partial charge in [-0.2, -0.15) is 0 Å². The molecule has 10 nitrogen and oxygen atoms in total. The number of hydrogen-bond donors (Lipinski definition) is 3. The van der Waals surface area contributed by atoms with Gasteiger partial charge in [0.1, 0.15) is 40.6 Å². The lowest BCUT2D eigenvalue weighted by molar-refractivity contribution is 0.0635. The van der Waals surface area contributed by atoms with Crippen molar-refractivity contribution in [3.8, 4) is 0 Å². The SMILES string of the molecule is C=C/C(C)=C\C1=C(C)CCC12NC(=O)c1c(Cl)cc(Nc3cc(NC(=O)OC(C)(C)C)ncn3)c(=O)n12. The lowest BCUT2D eigenvalue weighted by Crippen LogP contribution is -2.47. The van der Waals surface area contributed by atoms with Gasteiger partial charge in [-0.1, -0.05) is 41.5 Å². The van der Waals surface area contributed by atoms with E-state index in [-0.39, 0.29) is 28.0 Å². The number of amides is 2. The van der Waals surface area contributed by atoms with Crippen molar-refractivity contribution >= 4 is 40.9 Å². The highest BCUT2D eigenvalue weighted by molar-refractivity contribution is 6.34. The van der Waals surface area contributed by atoms with Gasteiger partial charge in [0.25, 0.3) is 11.5 Å². The average molecular weight is 525 g/mol. The van der Waals surface area contributed by atoms with Crippen LogP contribution in [0.3, 0.4) is 0 Å². The fourth-order valence-electron chi connectivity index (χ4n) is 4.47.